The van der Waals surface area contributed by atoms with Crippen molar-refractivity contribution in [2.24, 2.45) is 5.10 Å². The van der Waals surface area contributed by atoms with E-state index in [1.807, 2.05) is 0 Å². The van der Waals surface area contributed by atoms with E-state index in [1.165, 1.54) is 37.0 Å². The first-order valence-electron chi connectivity index (χ1n) is 8.04. The van der Waals surface area contributed by atoms with E-state index >= 15 is 0 Å². The molecule has 10 heteroatoms. The Balaban J connectivity index is 1.78. The number of carboxylic acids is 1. The van der Waals surface area contributed by atoms with E-state index in [-0.39, 0.29) is 17.3 Å². The molecular weight excluding hydrogens is 386 g/mol. The number of amides is 1. The Hall–Kier alpha value is -3.40. The summed E-state index contributed by atoms with van der Waals surface area (Å²) in [5, 5.41) is 23.2. The van der Waals surface area contributed by atoms with Crippen molar-refractivity contribution in [3.05, 3.63) is 64.2 Å². The first-order chi connectivity index (χ1) is 13.3. The van der Waals surface area contributed by atoms with Crippen LogP contribution in [-0.2, 0) is 9.59 Å². The summed E-state index contributed by atoms with van der Waals surface area (Å²) in [4.78, 5) is 33.4. The highest BCUT2D eigenvalue weighted by Gasteiger charge is 2.11. The van der Waals surface area contributed by atoms with Crippen LogP contribution in [0.4, 0.5) is 5.69 Å². The molecule has 9 nitrogen and oxygen atoms in total. The molecule has 1 amide bonds. The van der Waals surface area contributed by atoms with E-state index in [1.54, 1.807) is 36.4 Å². The van der Waals surface area contributed by atoms with Gasteiger partial charge in [0.15, 0.2) is 6.10 Å². The molecule has 0 aliphatic rings. The highest BCUT2D eigenvalue weighted by molar-refractivity contribution is 8.00. The van der Waals surface area contributed by atoms with Gasteiger partial charge in [0.05, 0.1) is 16.9 Å². The fourth-order valence-electron chi connectivity index (χ4n) is 1.91. The predicted molar refractivity (Wildman–Crippen MR) is 104 cm³/mol. The summed E-state index contributed by atoms with van der Waals surface area (Å²) in [7, 11) is 0. The number of rotatable bonds is 9. The molecular formula is C18H17N3O6S. The van der Waals surface area contributed by atoms with E-state index in [4.69, 9.17) is 9.84 Å². The number of non-ortho nitro benzene ring substituents is 1. The van der Waals surface area contributed by atoms with E-state index in [0.29, 0.717) is 11.3 Å². The van der Waals surface area contributed by atoms with Gasteiger partial charge in [0, 0.05) is 17.0 Å². The van der Waals surface area contributed by atoms with Gasteiger partial charge in [-0.1, -0.05) is 0 Å². The van der Waals surface area contributed by atoms with Crippen LogP contribution in [0, 0.1) is 10.1 Å². The van der Waals surface area contributed by atoms with Crippen molar-refractivity contribution in [2.45, 2.75) is 17.9 Å². The lowest BCUT2D eigenvalue weighted by molar-refractivity contribution is -0.384. The first-order valence-corrected chi connectivity index (χ1v) is 9.02. The number of ether oxygens (including phenoxy) is 1. The molecule has 0 aromatic heterocycles. The van der Waals surface area contributed by atoms with E-state index in [0.717, 1.165) is 4.90 Å². The Morgan fingerprint density at radius 1 is 1.25 bits per heavy atom. The Morgan fingerprint density at radius 2 is 1.89 bits per heavy atom. The third kappa shape index (κ3) is 6.72. The number of aliphatic carboxylic acids is 1. The fraction of sp³-hybridized carbons (Fsp3) is 0.167. The van der Waals surface area contributed by atoms with Crippen molar-refractivity contribution < 1.29 is 24.4 Å². The summed E-state index contributed by atoms with van der Waals surface area (Å²) in [5.41, 5.74) is 3.07. The van der Waals surface area contributed by atoms with Gasteiger partial charge in [-0.2, -0.15) is 5.10 Å². The van der Waals surface area contributed by atoms with Crippen LogP contribution in [0.2, 0.25) is 0 Å². The summed E-state index contributed by atoms with van der Waals surface area (Å²) >= 11 is 1.23. The lowest BCUT2D eigenvalue weighted by Crippen LogP contribution is -2.22. The van der Waals surface area contributed by atoms with Gasteiger partial charge in [-0.05, 0) is 48.9 Å². The molecule has 0 fully saturated rings. The summed E-state index contributed by atoms with van der Waals surface area (Å²) in [6, 6.07) is 12.5. The zero-order valence-electron chi connectivity index (χ0n) is 14.8. The van der Waals surface area contributed by atoms with Gasteiger partial charge < -0.3 is 9.84 Å². The molecule has 2 rings (SSSR count). The Kier molecular flexibility index (Phi) is 7.52. The van der Waals surface area contributed by atoms with E-state index in [9.17, 15) is 19.7 Å². The maximum absolute atomic E-state index is 11.8. The van der Waals surface area contributed by atoms with Crippen molar-refractivity contribution in [2.75, 3.05) is 5.75 Å². The van der Waals surface area contributed by atoms with Gasteiger partial charge in [-0.3, -0.25) is 14.9 Å². The van der Waals surface area contributed by atoms with Gasteiger partial charge in [0.1, 0.15) is 5.75 Å². The van der Waals surface area contributed by atoms with Crippen LogP contribution in [0.15, 0.2) is 58.5 Å². The number of thioether (sulfide) groups is 1. The number of nitro groups is 1. The molecule has 28 heavy (non-hydrogen) atoms. The number of carboxylic acid groups (broad SMARTS) is 1. The van der Waals surface area contributed by atoms with Crippen molar-refractivity contribution in [1.82, 2.24) is 5.43 Å². The average Bonchev–Trinajstić information content (AvgIpc) is 2.68. The van der Waals surface area contributed by atoms with Crippen molar-refractivity contribution in [3.63, 3.8) is 0 Å². The molecule has 146 valence electrons. The van der Waals surface area contributed by atoms with Crippen LogP contribution in [0.1, 0.15) is 12.5 Å². The van der Waals surface area contributed by atoms with Gasteiger partial charge >= 0.3 is 5.97 Å². The maximum Gasteiger partial charge on any atom is 0.344 e. The summed E-state index contributed by atoms with van der Waals surface area (Å²) < 4.78 is 5.21. The minimum absolute atomic E-state index is 0.00719. The minimum Gasteiger partial charge on any atom is -0.479 e. The topological polar surface area (TPSA) is 131 Å². The maximum atomic E-state index is 11.8. The summed E-state index contributed by atoms with van der Waals surface area (Å²) in [6.07, 6.45) is 0.492. The Labute approximate surface area is 164 Å². The third-order valence-corrected chi connectivity index (χ3v) is 4.37. The average molecular weight is 403 g/mol. The number of nitrogens with one attached hydrogen (secondary N) is 1. The zero-order valence-corrected chi connectivity index (χ0v) is 15.6. The minimum atomic E-state index is -1.06. The van der Waals surface area contributed by atoms with E-state index < -0.39 is 17.0 Å². The molecule has 0 bridgehead atoms. The van der Waals surface area contributed by atoms with Crippen LogP contribution in [0.3, 0.4) is 0 Å². The second-order valence-corrected chi connectivity index (χ2v) is 6.55. The van der Waals surface area contributed by atoms with Gasteiger partial charge in [-0.15, -0.1) is 11.8 Å². The standard InChI is InChI=1S/C18H17N3O6S/c1-12(18(23)24)27-15-6-2-13(3-7-15)10-19-20-17(22)11-28-16-8-4-14(5-9-16)21(25)26/h2-10,12H,11H2,1H3,(H,20,22)(H,23,24)/b19-10-/t12-/m0/s1. The fourth-order valence-corrected chi connectivity index (χ4v) is 2.60. The Morgan fingerprint density at radius 3 is 2.46 bits per heavy atom. The molecule has 0 spiro atoms. The quantitative estimate of drug-likeness (QED) is 0.285. The van der Waals surface area contributed by atoms with Crippen molar-refractivity contribution in [3.8, 4) is 5.75 Å². The number of carbonyl (C=O) groups excluding carboxylic acids is 1. The van der Waals surface area contributed by atoms with Gasteiger partial charge in [0.25, 0.3) is 5.69 Å². The summed E-state index contributed by atoms with van der Waals surface area (Å²) in [6.45, 7) is 1.43. The van der Waals surface area contributed by atoms with Crippen LogP contribution < -0.4 is 10.2 Å². The first kappa shape index (κ1) is 20.9. The number of carbonyl (C=O) groups is 2. The highest BCUT2D eigenvalue weighted by Crippen LogP contribution is 2.21. The van der Waals surface area contributed by atoms with Crippen molar-refractivity contribution in [1.29, 1.82) is 0 Å². The smallest absolute Gasteiger partial charge is 0.344 e. The SMILES string of the molecule is C[C@H](Oc1ccc(/C=N\NC(=O)CSc2ccc([N+](=O)[O-])cc2)cc1)C(=O)O. The Bertz CT molecular complexity index is 868. The third-order valence-electron chi connectivity index (χ3n) is 3.36. The van der Waals surface area contributed by atoms with Gasteiger partial charge in [-0.25, -0.2) is 10.2 Å². The van der Waals surface area contributed by atoms with Crippen LogP contribution in [0.5, 0.6) is 5.75 Å². The van der Waals surface area contributed by atoms with Crippen LogP contribution in [-0.4, -0.2) is 40.0 Å². The second-order valence-electron chi connectivity index (χ2n) is 5.50. The van der Waals surface area contributed by atoms with E-state index in [2.05, 4.69) is 10.5 Å². The molecule has 2 N–H and O–H groups in total. The lowest BCUT2D eigenvalue weighted by Gasteiger charge is -2.09. The second kappa shape index (κ2) is 10.1. The number of benzene rings is 2. The summed E-state index contributed by atoms with van der Waals surface area (Å²) in [5.74, 6) is -0.861. The number of nitrogens with zero attached hydrogens (tertiary/aromatic N) is 2. The molecule has 0 aliphatic carbocycles. The predicted octanol–water partition coefficient (Wildman–Crippen LogP) is 2.69. The molecule has 0 radical (unpaired) electrons. The van der Waals surface area contributed by atoms with Crippen LogP contribution in [0.25, 0.3) is 0 Å². The number of hydrazone groups is 1. The molecule has 1 atom stereocenters. The largest absolute Gasteiger partial charge is 0.479 e. The molecule has 0 aliphatic heterocycles. The molecule has 2 aromatic carbocycles. The molecule has 2 aromatic rings. The monoisotopic (exact) mass is 403 g/mol. The number of hydrogen-bond donors (Lipinski definition) is 2. The highest BCUT2D eigenvalue weighted by atomic mass is 32.2. The lowest BCUT2D eigenvalue weighted by atomic mass is 10.2. The van der Waals surface area contributed by atoms with Crippen LogP contribution >= 0.6 is 11.8 Å². The van der Waals surface area contributed by atoms with Gasteiger partial charge in [0.2, 0.25) is 5.91 Å². The number of hydrogen-bond acceptors (Lipinski definition) is 7. The molecule has 0 heterocycles. The zero-order chi connectivity index (χ0) is 20.5. The number of nitro benzene ring substituents is 1. The van der Waals surface area contributed by atoms with Crippen molar-refractivity contribution >= 4 is 35.5 Å². The normalized spacial score (nSPS) is 11.8. The molecule has 0 saturated carbocycles. The molecule has 0 saturated heterocycles. The molecule has 0 unspecified atom stereocenters.